The maximum absolute atomic E-state index is 4.23. The fourth-order valence-electron chi connectivity index (χ4n) is 1.56. The Kier molecular flexibility index (Phi) is 6.14. The van der Waals surface area contributed by atoms with Crippen LogP contribution in [-0.2, 0) is 6.54 Å². The van der Waals surface area contributed by atoms with Crippen molar-refractivity contribution in [2.75, 3.05) is 6.26 Å². The molecule has 0 saturated heterocycles. The molecule has 7 heteroatoms. The summed E-state index contributed by atoms with van der Waals surface area (Å²) in [6.45, 7) is 7.35. The second-order valence-electron chi connectivity index (χ2n) is 5.50. The van der Waals surface area contributed by atoms with Gasteiger partial charge in [0.05, 0.1) is 0 Å². The van der Waals surface area contributed by atoms with Crippen molar-refractivity contribution in [3.8, 4) is 0 Å². The molecule has 0 fully saturated rings. The first kappa shape index (κ1) is 17.3. The largest absolute Gasteiger partial charge is 0.308 e. The molecule has 0 aliphatic heterocycles. The predicted molar refractivity (Wildman–Crippen MR) is 96.5 cm³/mol. The molecule has 114 valence electrons. The van der Waals surface area contributed by atoms with Crippen LogP contribution in [0.1, 0.15) is 26.3 Å². The standard InChI is InChI=1S/C14H18BrN3S3/c1-14(2,3)16-8-9-7-10(15)5-6-11(9)20-13-18-17-12(19-4)21-13/h5-7,16H,8H2,1-4H3. The summed E-state index contributed by atoms with van der Waals surface area (Å²) in [6, 6.07) is 6.37. The molecule has 1 heterocycles. The lowest BCUT2D eigenvalue weighted by Crippen LogP contribution is -2.35. The van der Waals surface area contributed by atoms with E-state index in [0.29, 0.717) is 0 Å². The highest BCUT2D eigenvalue weighted by Crippen LogP contribution is 2.35. The Bertz CT molecular complexity index is 608. The normalized spacial score (nSPS) is 11.9. The van der Waals surface area contributed by atoms with Crippen LogP contribution in [0.4, 0.5) is 0 Å². The number of nitrogens with one attached hydrogen (secondary N) is 1. The van der Waals surface area contributed by atoms with Gasteiger partial charge in [-0.15, -0.1) is 10.2 Å². The smallest absolute Gasteiger partial charge is 0.179 e. The summed E-state index contributed by atoms with van der Waals surface area (Å²) in [5.41, 5.74) is 1.36. The van der Waals surface area contributed by atoms with Crippen LogP contribution in [0.5, 0.6) is 0 Å². The van der Waals surface area contributed by atoms with Crippen molar-refractivity contribution in [1.29, 1.82) is 0 Å². The predicted octanol–water partition coefficient (Wildman–Crippen LogP) is 5.06. The number of rotatable bonds is 5. The Morgan fingerprint density at radius 1 is 1.24 bits per heavy atom. The third-order valence-corrected chi connectivity index (χ3v) is 6.15. The minimum Gasteiger partial charge on any atom is -0.308 e. The van der Waals surface area contributed by atoms with Gasteiger partial charge in [0.2, 0.25) is 0 Å². The highest BCUT2D eigenvalue weighted by atomic mass is 79.9. The summed E-state index contributed by atoms with van der Waals surface area (Å²) >= 11 is 8.50. The molecule has 0 amide bonds. The Morgan fingerprint density at radius 3 is 2.57 bits per heavy atom. The van der Waals surface area contributed by atoms with E-state index in [4.69, 9.17) is 0 Å². The molecule has 0 atom stereocenters. The average Bonchev–Trinajstić information content (AvgIpc) is 2.86. The van der Waals surface area contributed by atoms with Crippen molar-refractivity contribution < 1.29 is 0 Å². The summed E-state index contributed by atoms with van der Waals surface area (Å²) in [4.78, 5) is 1.22. The lowest BCUT2D eigenvalue weighted by Gasteiger charge is -2.21. The third-order valence-electron chi connectivity index (χ3n) is 2.59. The molecule has 0 spiro atoms. The van der Waals surface area contributed by atoms with Crippen LogP contribution >= 0.6 is 50.8 Å². The second-order valence-corrected chi connectivity index (χ2v) is 9.73. The fourth-order valence-corrected chi connectivity index (χ4v) is 4.47. The number of hydrogen-bond acceptors (Lipinski definition) is 6. The lowest BCUT2D eigenvalue weighted by molar-refractivity contribution is 0.422. The molecule has 1 aromatic heterocycles. The number of nitrogens with zero attached hydrogens (tertiary/aromatic N) is 2. The maximum atomic E-state index is 4.23. The highest BCUT2D eigenvalue weighted by molar-refractivity contribution is 9.10. The van der Waals surface area contributed by atoms with Gasteiger partial charge in [-0.25, -0.2) is 0 Å². The Morgan fingerprint density at radius 2 is 1.95 bits per heavy atom. The third kappa shape index (κ3) is 5.56. The summed E-state index contributed by atoms with van der Waals surface area (Å²) in [5.74, 6) is 0. The van der Waals surface area contributed by atoms with Crippen molar-refractivity contribution >= 4 is 50.8 Å². The van der Waals surface area contributed by atoms with Crippen molar-refractivity contribution in [3.05, 3.63) is 28.2 Å². The number of aromatic nitrogens is 2. The van der Waals surface area contributed by atoms with Gasteiger partial charge in [-0.3, -0.25) is 0 Å². The zero-order chi connectivity index (χ0) is 15.5. The van der Waals surface area contributed by atoms with Crippen LogP contribution in [0.3, 0.4) is 0 Å². The first-order chi connectivity index (χ1) is 9.87. The van der Waals surface area contributed by atoms with Crippen LogP contribution in [0, 0.1) is 0 Å². The monoisotopic (exact) mass is 403 g/mol. The summed E-state index contributed by atoms with van der Waals surface area (Å²) < 4.78 is 3.09. The van der Waals surface area contributed by atoms with E-state index >= 15 is 0 Å². The Labute approximate surface area is 146 Å². The average molecular weight is 404 g/mol. The molecule has 1 aromatic carbocycles. The fraction of sp³-hybridized carbons (Fsp3) is 0.429. The number of benzene rings is 1. The van der Waals surface area contributed by atoms with E-state index in [1.165, 1.54) is 10.5 Å². The van der Waals surface area contributed by atoms with Crippen molar-refractivity contribution in [2.24, 2.45) is 0 Å². The van der Waals surface area contributed by atoms with Crippen LogP contribution in [0.25, 0.3) is 0 Å². The molecule has 0 aliphatic carbocycles. The van der Waals surface area contributed by atoms with Crippen LogP contribution in [0.15, 0.2) is 36.2 Å². The van der Waals surface area contributed by atoms with Crippen LogP contribution in [-0.4, -0.2) is 22.0 Å². The molecule has 2 aromatic rings. The summed E-state index contributed by atoms with van der Waals surface area (Å²) in [7, 11) is 0. The number of halogens is 1. The number of thioether (sulfide) groups is 1. The van der Waals surface area contributed by atoms with Crippen molar-refractivity contribution in [1.82, 2.24) is 15.5 Å². The van der Waals surface area contributed by atoms with Crippen LogP contribution in [0.2, 0.25) is 0 Å². The molecule has 0 bridgehead atoms. The van der Waals surface area contributed by atoms with Gasteiger partial charge < -0.3 is 5.32 Å². The second kappa shape index (κ2) is 7.46. The van der Waals surface area contributed by atoms with Gasteiger partial charge in [0.1, 0.15) is 0 Å². The first-order valence-electron chi connectivity index (χ1n) is 6.46. The molecule has 1 N–H and O–H groups in total. The minimum absolute atomic E-state index is 0.0962. The van der Waals surface area contributed by atoms with Gasteiger partial charge >= 0.3 is 0 Å². The Hall–Kier alpha value is -0.0800. The quantitative estimate of drug-likeness (QED) is 0.705. The summed E-state index contributed by atoms with van der Waals surface area (Å²) in [6.07, 6.45) is 2.02. The van der Waals surface area contributed by atoms with E-state index < -0.39 is 0 Å². The first-order valence-corrected chi connectivity index (χ1v) is 10.1. The molecular weight excluding hydrogens is 386 g/mol. The zero-order valence-electron chi connectivity index (χ0n) is 12.4. The van der Waals surface area contributed by atoms with E-state index in [1.807, 2.05) is 6.26 Å². The molecule has 0 radical (unpaired) electrons. The van der Waals surface area contributed by atoms with Gasteiger partial charge in [0.15, 0.2) is 8.68 Å². The van der Waals surface area contributed by atoms with E-state index in [0.717, 1.165) is 19.7 Å². The minimum atomic E-state index is 0.0962. The van der Waals surface area contributed by atoms with Gasteiger partial charge in [0, 0.05) is 21.5 Å². The van der Waals surface area contributed by atoms with Crippen molar-refractivity contribution in [3.63, 3.8) is 0 Å². The number of hydrogen-bond donors (Lipinski definition) is 1. The Balaban J connectivity index is 2.17. The molecule has 0 aliphatic rings. The molecular formula is C14H18BrN3S3. The maximum Gasteiger partial charge on any atom is 0.179 e. The molecule has 0 unspecified atom stereocenters. The molecule has 2 rings (SSSR count). The molecule has 21 heavy (non-hydrogen) atoms. The van der Waals surface area contributed by atoms with Gasteiger partial charge in [-0.1, -0.05) is 50.8 Å². The van der Waals surface area contributed by atoms with E-state index in [2.05, 4.69) is 70.4 Å². The van der Waals surface area contributed by atoms with Crippen LogP contribution < -0.4 is 5.32 Å². The highest BCUT2D eigenvalue weighted by Gasteiger charge is 2.13. The van der Waals surface area contributed by atoms with E-state index in [9.17, 15) is 0 Å². The van der Waals surface area contributed by atoms with Gasteiger partial charge in [0.25, 0.3) is 0 Å². The van der Waals surface area contributed by atoms with Gasteiger partial charge in [-0.05, 0) is 50.8 Å². The zero-order valence-corrected chi connectivity index (χ0v) is 16.5. The topological polar surface area (TPSA) is 37.8 Å². The molecule has 3 nitrogen and oxygen atoms in total. The van der Waals surface area contributed by atoms with Crippen molar-refractivity contribution in [2.45, 2.75) is 46.4 Å². The molecule has 0 saturated carbocycles. The van der Waals surface area contributed by atoms with E-state index in [1.54, 1.807) is 34.9 Å². The van der Waals surface area contributed by atoms with E-state index in [-0.39, 0.29) is 5.54 Å². The lowest BCUT2D eigenvalue weighted by atomic mass is 10.1. The SMILES string of the molecule is CSc1nnc(Sc2ccc(Br)cc2CNC(C)(C)C)s1. The summed E-state index contributed by atoms with van der Waals surface area (Å²) in [5, 5.41) is 11.9. The van der Waals surface area contributed by atoms with Gasteiger partial charge in [-0.2, -0.15) is 0 Å².